The third-order valence-corrected chi connectivity index (χ3v) is 4.48. The van der Waals surface area contributed by atoms with Gasteiger partial charge >= 0.3 is 0 Å². The summed E-state index contributed by atoms with van der Waals surface area (Å²) in [6.07, 6.45) is 3.89. The van der Waals surface area contributed by atoms with E-state index in [0.717, 1.165) is 41.9 Å². The zero-order chi connectivity index (χ0) is 16.5. The number of ether oxygens (including phenoxy) is 1. The van der Waals surface area contributed by atoms with Crippen molar-refractivity contribution in [1.29, 1.82) is 0 Å². The molecule has 124 valence electrons. The fraction of sp³-hybridized carbons (Fsp3) is 0.375. The Hall–Kier alpha value is -2.48. The van der Waals surface area contributed by atoms with Crippen molar-refractivity contribution in [3.63, 3.8) is 0 Å². The molecule has 7 nitrogen and oxygen atoms in total. The molecular formula is C16H18N6OS. The second-order valence-electron chi connectivity index (χ2n) is 5.78. The van der Waals surface area contributed by atoms with Gasteiger partial charge in [-0.25, -0.2) is 9.67 Å². The Morgan fingerprint density at radius 1 is 1.25 bits per heavy atom. The lowest BCUT2D eigenvalue weighted by Gasteiger charge is -2.09. The number of benzene rings is 1. The zero-order valence-electron chi connectivity index (χ0n) is 13.4. The topological polar surface area (TPSA) is 73.6 Å². The summed E-state index contributed by atoms with van der Waals surface area (Å²) in [5.41, 5.74) is 0.938. The van der Waals surface area contributed by atoms with Gasteiger partial charge in [0.15, 0.2) is 10.6 Å². The molecule has 3 heterocycles. The van der Waals surface area contributed by atoms with E-state index in [1.54, 1.807) is 7.11 Å². The van der Waals surface area contributed by atoms with Crippen LogP contribution in [0.1, 0.15) is 30.3 Å². The molecular weight excluding hydrogens is 324 g/mol. The first kappa shape index (κ1) is 15.1. The van der Waals surface area contributed by atoms with Crippen molar-refractivity contribution in [1.82, 2.24) is 29.5 Å². The molecule has 2 aromatic heterocycles. The molecule has 1 aliphatic rings. The fourth-order valence-electron chi connectivity index (χ4n) is 3.00. The van der Waals surface area contributed by atoms with Gasteiger partial charge in [0, 0.05) is 18.7 Å². The number of fused-ring (bicyclic) bond motifs is 1. The van der Waals surface area contributed by atoms with E-state index in [2.05, 4.69) is 20.3 Å². The molecule has 1 aromatic carbocycles. The molecule has 0 fully saturated rings. The van der Waals surface area contributed by atoms with Gasteiger partial charge in [0.2, 0.25) is 0 Å². The Morgan fingerprint density at radius 2 is 2.08 bits per heavy atom. The first-order valence-corrected chi connectivity index (χ1v) is 8.39. The number of rotatable bonds is 4. The molecule has 0 atom stereocenters. The largest absolute Gasteiger partial charge is 0.497 e. The molecule has 0 spiro atoms. The van der Waals surface area contributed by atoms with E-state index < -0.39 is 0 Å². The van der Waals surface area contributed by atoms with Crippen LogP contribution >= 0.6 is 12.2 Å². The Morgan fingerprint density at radius 3 is 2.83 bits per heavy atom. The third-order valence-electron chi connectivity index (χ3n) is 4.20. The SMILES string of the molecule is COc1ccc(-n2c(Cc3nc4n(n3)CCCC4)n[nH]c2=S)cc1. The van der Waals surface area contributed by atoms with Crippen molar-refractivity contribution in [2.75, 3.05) is 7.11 Å². The highest BCUT2D eigenvalue weighted by molar-refractivity contribution is 7.71. The number of hydrogen-bond acceptors (Lipinski definition) is 5. The number of aromatic amines is 1. The van der Waals surface area contributed by atoms with E-state index in [4.69, 9.17) is 17.0 Å². The first-order chi connectivity index (χ1) is 11.7. The minimum atomic E-state index is 0.541. The number of aromatic nitrogens is 6. The lowest BCUT2D eigenvalue weighted by Crippen LogP contribution is -2.11. The molecule has 4 rings (SSSR count). The summed E-state index contributed by atoms with van der Waals surface area (Å²) in [6, 6.07) is 7.72. The van der Waals surface area contributed by atoms with Gasteiger partial charge < -0.3 is 4.74 Å². The van der Waals surface area contributed by atoms with Crippen molar-refractivity contribution in [3.05, 3.63) is 46.5 Å². The molecule has 1 aliphatic heterocycles. The summed E-state index contributed by atoms with van der Waals surface area (Å²) in [5, 5.41) is 11.8. The molecule has 0 radical (unpaired) electrons. The smallest absolute Gasteiger partial charge is 0.199 e. The first-order valence-electron chi connectivity index (χ1n) is 7.98. The highest BCUT2D eigenvalue weighted by Crippen LogP contribution is 2.18. The normalized spacial score (nSPS) is 13.7. The Labute approximate surface area is 144 Å². The van der Waals surface area contributed by atoms with Gasteiger partial charge in [-0.3, -0.25) is 9.67 Å². The maximum absolute atomic E-state index is 5.39. The van der Waals surface area contributed by atoms with Crippen molar-refractivity contribution in [2.45, 2.75) is 32.2 Å². The summed E-state index contributed by atoms with van der Waals surface area (Å²) in [7, 11) is 1.65. The van der Waals surface area contributed by atoms with Gasteiger partial charge in [-0.1, -0.05) is 0 Å². The van der Waals surface area contributed by atoms with Crippen LogP contribution < -0.4 is 4.74 Å². The van der Waals surface area contributed by atoms with E-state index in [1.165, 1.54) is 12.8 Å². The van der Waals surface area contributed by atoms with E-state index in [9.17, 15) is 0 Å². The number of nitrogens with zero attached hydrogens (tertiary/aromatic N) is 5. The minimum absolute atomic E-state index is 0.541. The van der Waals surface area contributed by atoms with Crippen LogP contribution in [-0.4, -0.2) is 36.6 Å². The Kier molecular flexibility index (Phi) is 3.89. The highest BCUT2D eigenvalue weighted by atomic mass is 32.1. The van der Waals surface area contributed by atoms with Crippen LogP contribution in [0.3, 0.4) is 0 Å². The number of methoxy groups -OCH3 is 1. The summed E-state index contributed by atoms with van der Waals surface area (Å²) in [4.78, 5) is 4.65. The Bertz CT molecular complexity index is 884. The van der Waals surface area contributed by atoms with Gasteiger partial charge in [0.1, 0.15) is 17.4 Å². The molecule has 24 heavy (non-hydrogen) atoms. The molecule has 0 unspecified atom stereocenters. The molecule has 0 amide bonds. The summed E-state index contributed by atoms with van der Waals surface area (Å²) in [5.74, 6) is 3.46. The second kappa shape index (κ2) is 6.20. The summed E-state index contributed by atoms with van der Waals surface area (Å²) >= 11 is 5.39. The summed E-state index contributed by atoms with van der Waals surface area (Å²) < 4.78 is 9.69. The zero-order valence-corrected chi connectivity index (χ0v) is 14.2. The van der Waals surface area contributed by atoms with Crippen molar-refractivity contribution < 1.29 is 4.74 Å². The highest BCUT2D eigenvalue weighted by Gasteiger charge is 2.17. The van der Waals surface area contributed by atoms with Crippen LogP contribution in [0.15, 0.2) is 24.3 Å². The van der Waals surface area contributed by atoms with Crippen LogP contribution in [-0.2, 0) is 19.4 Å². The van der Waals surface area contributed by atoms with Crippen molar-refractivity contribution in [3.8, 4) is 11.4 Å². The maximum Gasteiger partial charge on any atom is 0.199 e. The predicted molar refractivity (Wildman–Crippen MR) is 91.1 cm³/mol. The molecule has 0 saturated carbocycles. The van der Waals surface area contributed by atoms with Crippen LogP contribution in [0, 0.1) is 4.77 Å². The number of hydrogen-bond donors (Lipinski definition) is 1. The van der Waals surface area contributed by atoms with Crippen molar-refractivity contribution in [2.24, 2.45) is 0 Å². The monoisotopic (exact) mass is 342 g/mol. The number of aryl methyl sites for hydroxylation is 2. The molecule has 0 bridgehead atoms. The second-order valence-corrected chi connectivity index (χ2v) is 6.17. The predicted octanol–water partition coefficient (Wildman–Crippen LogP) is 2.46. The molecule has 3 aromatic rings. The lowest BCUT2D eigenvalue weighted by molar-refractivity contribution is 0.414. The van der Waals surface area contributed by atoms with Gasteiger partial charge in [0.05, 0.1) is 13.5 Å². The van der Waals surface area contributed by atoms with Gasteiger partial charge in [-0.05, 0) is 49.3 Å². The number of H-pyrrole nitrogens is 1. The lowest BCUT2D eigenvalue weighted by atomic mass is 10.2. The molecule has 1 N–H and O–H groups in total. The average molecular weight is 342 g/mol. The van der Waals surface area contributed by atoms with Gasteiger partial charge in [0.25, 0.3) is 0 Å². The molecule has 8 heteroatoms. The standard InChI is InChI=1S/C16H18N6OS/c1-23-12-7-5-11(6-8-12)22-15(18-19-16(22)24)10-13-17-14-4-2-3-9-21(14)20-13/h5-8H,2-4,9-10H2,1H3,(H,19,24). The van der Waals surface area contributed by atoms with Gasteiger partial charge in [-0.15, -0.1) is 0 Å². The maximum atomic E-state index is 5.39. The third kappa shape index (κ3) is 2.73. The molecule has 0 aliphatic carbocycles. The van der Waals surface area contributed by atoms with Crippen LogP contribution in [0.2, 0.25) is 0 Å². The molecule has 0 saturated heterocycles. The van der Waals surface area contributed by atoms with E-state index in [1.807, 2.05) is 33.5 Å². The van der Waals surface area contributed by atoms with E-state index in [-0.39, 0.29) is 0 Å². The van der Waals surface area contributed by atoms with E-state index >= 15 is 0 Å². The van der Waals surface area contributed by atoms with E-state index in [0.29, 0.717) is 11.2 Å². The van der Waals surface area contributed by atoms with Crippen molar-refractivity contribution >= 4 is 12.2 Å². The number of nitrogens with one attached hydrogen (secondary N) is 1. The van der Waals surface area contributed by atoms with Crippen LogP contribution in [0.25, 0.3) is 5.69 Å². The quantitative estimate of drug-likeness (QED) is 0.737. The van der Waals surface area contributed by atoms with Crippen LogP contribution in [0.5, 0.6) is 5.75 Å². The van der Waals surface area contributed by atoms with Crippen LogP contribution in [0.4, 0.5) is 0 Å². The van der Waals surface area contributed by atoms with Gasteiger partial charge in [-0.2, -0.15) is 10.2 Å². The summed E-state index contributed by atoms with van der Waals surface area (Å²) in [6.45, 7) is 0.952. The minimum Gasteiger partial charge on any atom is -0.497 e. The fourth-order valence-corrected chi connectivity index (χ4v) is 3.25. The average Bonchev–Trinajstić information content (AvgIpc) is 3.18. The Balaban J connectivity index is 1.66.